The Morgan fingerprint density at radius 1 is 1.30 bits per heavy atom. The molecule has 114 valence electrons. The number of para-hydroxylation sites is 2. The summed E-state index contributed by atoms with van der Waals surface area (Å²) in [5.74, 6) is 1.01. The molecule has 1 heterocycles. The van der Waals surface area contributed by atoms with Gasteiger partial charge in [-0.05, 0) is 35.9 Å². The van der Waals surface area contributed by atoms with Crippen LogP contribution in [0.25, 0.3) is 22.7 Å². The first-order valence-corrected chi connectivity index (χ1v) is 7.04. The van der Waals surface area contributed by atoms with Gasteiger partial charge in [-0.2, -0.15) is 5.26 Å². The quantitative estimate of drug-likeness (QED) is 0.753. The van der Waals surface area contributed by atoms with Crippen molar-refractivity contribution >= 4 is 22.7 Å². The minimum absolute atomic E-state index is 0.0311. The van der Waals surface area contributed by atoms with Crippen molar-refractivity contribution in [2.75, 3.05) is 7.11 Å². The molecule has 1 N–H and O–H groups in total. The van der Waals surface area contributed by atoms with Crippen LogP contribution < -0.4 is 4.74 Å². The Labute approximate surface area is 133 Å². The van der Waals surface area contributed by atoms with Crippen molar-refractivity contribution in [3.8, 4) is 17.6 Å². The number of nitriles is 1. The van der Waals surface area contributed by atoms with Crippen LogP contribution in [-0.4, -0.2) is 21.8 Å². The summed E-state index contributed by atoms with van der Waals surface area (Å²) in [5.41, 5.74) is 2.92. The van der Waals surface area contributed by atoms with Gasteiger partial charge in [0.2, 0.25) is 0 Å². The topological polar surface area (TPSA) is 71.1 Å². The number of aryl methyl sites for hydroxylation is 1. The molecule has 0 spiro atoms. The average Bonchev–Trinajstić information content (AvgIpc) is 2.90. The molecule has 0 amide bonds. The minimum atomic E-state index is 0.0311. The SMILES string of the molecule is COc1ccc(C=C(C#N)c2nc3ccccc3n2C)cc1O. The van der Waals surface area contributed by atoms with Crippen LogP contribution >= 0.6 is 0 Å². The van der Waals surface area contributed by atoms with Gasteiger partial charge in [0.05, 0.1) is 23.7 Å². The first kappa shape index (κ1) is 14.7. The Balaban J connectivity index is 2.10. The lowest BCUT2D eigenvalue weighted by Crippen LogP contribution is -1.96. The number of nitrogens with zero attached hydrogens (tertiary/aromatic N) is 3. The lowest BCUT2D eigenvalue weighted by molar-refractivity contribution is 0.373. The van der Waals surface area contributed by atoms with Crippen LogP contribution in [-0.2, 0) is 7.05 Å². The summed E-state index contributed by atoms with van der Waals surface area (Å²) >= 11 is 0. The van der Waals surface area contributed by atoms with Crippen molar-refractivity contribution in [3.63, 3.8) is 0 Å². The summed E-state index contributed by atoms with van der Waals surface area (Å²) in [6.07, 6.45) is 1.69. The van der Waals surface area contributed by atoms with Crippen molar-refractivity contribution in [2.24, 2.45) is 7.05 Å². The highest BCUT2D eigenvalue weighted by molar-refractivity contribution is 5.91. The predicted molar refractivity (Wildman–Crippen MR) is 88.9 cm³/mol. The maximum absolute atomic E-state index is 9.86. The number of phenols is 1. The molecule has 0 aliphatic rings. The second-order valence-electron chi connectivity index (χ2n) is 5.08. The van der Waals surface area contributed by atoms with Crippen LogP contribution in [0, 0.1) is 11.3 Å². The Morgan fingerprint density at radius 3 is 2.74 bits per heavy atom. The van der Waals surface area contributed by atoms with Crippen LogP contribution in [0.3, 0.4) is 0 Å². The summed E-state index contributed by atoms with van der Waals surface area (Å²) < 4.78 is 6.91. The van der Waals surface area contributed by atoms with E-state index in [-0.39, 0.29) is 5.75 Å². The van der Waals surface area contributed by atoms with E-state index in [2.05, 4.69) is 11.1 Å². The van der Waals surface area contributed by atoms with Crippen LogP contribution in [0.2, 0.25) is 0 Å². The Morgan fingerprint density at radius 2 is 2.09 bits per heavy atom. The Bertz CT molecular complexity index is 949. The van der Waals surface area contributed by atoms with Gasteiger partial charge in [0.15, 0.2) is 17.3 Å². The molecular weight excluding hydrogens is 290 g/mol. The molecule has 0 bridgehead atoms. The van der Waals surface area contributed by atoms with Crippen molar-refractivity contribution < 1.29 is 9.84 Å². The molecule has 0 unspecified atom stereocenters. The standard InChI is InChI=1S/C18H15N3O2/c1-21-15-6-4-3-5-14(15)20-18(21)13(11-19)9-12-7-8-17(23-2)16(22)10-12/h3-10,22H,1-2H3. The zero-order valence-corrected chi connectivity index (χ0v) is 12.8. The molecular formula is C18H15N3O2. The number of hydrogen-bond donors (Lipinski definition) is 1. The minimum Gasteiger partial charge on any atom is -0.504 e. The van der Waals surface area contributed by atoms with E-state index in [0.29, 0.717) is 22.7 Å². The number of aromatic nitrogens is 2. The average molecular weight is 305 g/mol. The van der Waals surface area contributed by atoms with E-state index >= 15 is 0 Å². The van der Waals surface area contributed by atoms with Crippen LogP contribution in [0.15, 0.2) is 42.5 Å². The predicted octanol–water partition coefficient (Wildman–Crippen LogP) is 3.35. The summed E-state index contributed by atoms with van der Waals surface area (Å²) in [6.45, 7) is 0. The number of phenolic OH excluding ortho intramolecular Hbond substituents is 1. The first-order valence-electron chi connectivity index (χ1n) is 7.04. The third-order valence-corrected chi connectivity index (χ3v) is 3.66. The lowest BCUT2D eigenvalue weighted by Gasteiger charge is -2.04. The molecule has 5 nitrogen and oxygen atoms in total. The van der Waals surface area contributed by atoms with Gasteiger partial charge in [-0.1, -0.05) is 18.2 Å². The molecule has 3 rings (SSSR count). The highest BCUT2D eigenvalue weighted by Gasteiger charge is 2.12. The molecule has 0 fully saturated rings. The van der Waals surface area contributed by atoms with Gasteiger partial charge < -0.3 is 14.4 Å². The van der Waals surface area contributed by atoms with E-state index in [1.807, 2.05) is 35.9 Å². The third-order valence-electron chi connectivity index (χ3n) is 3.66. The van der Waals surface area contributed by atoms with Gasteiger partial charge in [-0.15, -0.1) is 0 Å². The normalized spacial score (nSPS) is 11.4. The summed E-state index contributed by atoms with van der Waals surface area (Å²) in [5, 5.41) is 19.4. The van der Waals surface area contributed by atoms with Gasteiger partial charge in [0.25, 0.3) is 0 Å². The number of allylic oxidation sites excluding steroid dienone is 1. The fourth-order valence-electron chi connectivity index (χ4n) is 2.50. The van der Waals surface area contributed by atoms with E-state index in [1.54, 1.807) is 24.3 Å². The monoisotopic (exact) mass is 305 g/mol. The van der Waals surface area contributed by atoms with Crippen molar-refractivity contribution in [3.05, 3.63) is 53.9 Å². The molecule has 5 heteroatoms. The van der Waals surface area contributed by atoms with E-state index < -0.39 is 0 Å². The number of ether oxygens (including phenoxy) is 1. The zero-order valence-electron chi connectivity index (χ0n) is 12.8. The number of methoxy groups -OCH3 is 1. The number of benzene rings is 2. The molecule has 1 aromatic heterocycles. The lowest BCUT2D eigenvalue weighted by atomic mass is 10.1. The molecule has 2 aromatic carbocycles. The largest absolute Gasteiger partial charge is 0.504 e. The maximum Gasteiger partial charge on any atom is 0.160 e. The van der Waals surface area contributed by atoms with E-state index in [4.69, 9.17) is 4.74 Å². The fourth-order valence-corrected chi connectivity index (χ4v) is 2.50. The summed E-state index contributed by atoms with van der Waals surface area (Å²) in [4.78, 5) is 4.52. The second-order valence-corrected chi connectivity index (χ2v) is 5.08. The molecule has 0 saturated heterocycles. The van der Waals surface area contributed by atoms with Crippen molar-refractivity contribution in [2.45, 2.75) is 0 Å². The summed E-state index contributed by atoms with van der Waals surface area (Å²) in [7, 11) is 3.37. The molecule has 3 aromatic rings. The molecule has 0 saturated carbocycles. The van der Waals surface area contributed by atoms with E-state index in [1.165, 1.54) is 7.11 Å². The number of imidazole rings is 1. The van der Waals surface area contributed by atoms with E-state index in [0.717, 1.165) is 11.0 Å². The Hall–Kier alpha value is -3.26. The first-order chi connectivity index (χ1) is 11.1. The van der Waals surface area contributed by atoms with Gasteiger partial charge >= 0.3 is 0 Å². The number of hydrogen-bond acceptors (Lipinski definition) is 4. The zero-order chi connectivity index (χ0) is 16.4. The fraction of sp³-hybridized carbons (Fsp3) is 0.111. The molecule has 0 radical (unpaired) electrons. The molecule has 0 aliphatic carbocycles. The highest BCUT2D eigenvalue weighted by Crippen LogP contribution is 2.28. The van der Waals surface area contributed by atoms with Gasteiger partial charge in [0.1, 0.15) is 6.07 Å². The number of aromatic hydroxyl groups is 1. The van der Waals surface area contributed by atoms with Gasteiger partial charge in [-0.25, -0.2) is 4.98 Å². The van der Waals surface area contributed by atoms with Gasteiger partial charge in [0, 0.05) is 7.05 Å². The molecule has 0 atom stereocenters. The Kier molecular flexibility index (Phi) is 3.73. The molecule has 0 aliphatic heterocycles. The van der Waals surface area contributed by atoms with E-state index in [9.17, 15) is 10.4 Å². The number of fused-ring (bicyclic) bond motifs is 1. The van der Waals surface area contributed by atoms with Gasteiger partial charge in [-0.3, -0.25) is 0 Å². The van der Waals surface area contributed by atoms with Crippen molar-refractivity contribution in [1.82, 2.24) is 9.55 Å². The highest BCUT2D eigenvalue weighted by atomic mass is 16.5. The smallest absolute Gasteiger partial charge is 0.160 e. The molecule has 23 heavy (non-hydrogen) atoms. The summed E-state index contributed by atoms with van der Waals surface area (Å²) in [6, 6.07) is 14.9. The third kappa shape index (κ3) is 2.62. The van der Waals surface area contributed by atoms with Crippen LogP contribution in [0.5, 0.6) is 11.5 Å². The van der Waals surface area contributed by atoms with Crippen molar-refractivity contribution in [1.29, 1.82) is 5.26 Å². The van der Waals surface area contributed by atoms with Crippen LogP contribution in [0.4, 0.5) is 0 Å². The number of rotatable bonds is 3. The van der Waals surface area contributed by atoms with Crippen LogP contribution in [0.1, 0.15) is 11.4 Å². The maximum atomic E-state index is 9.86. The second kappa shape index (κ2) is 5.85.